The van der Waals surface area contributed by atoms with Crippen molar-refractivity contribution in [3.8, 4) is 22.4 Å². The Morgan fingerprint density at radius 2 is 1.67 bits per heavy atom. The van der Waals surface area contributed by atoms with E-state index in [1.807, 2.05) is 0 Å². The number of aromatic nitrogens is 2. The predicted molar refractivity (Wildman–Crippen MR) is 121 cm³/mol. The van der Waals surface area contributed by atoms with Crippen molar-refractivity contribution >= 4 is 16.9 Å². The van der Waals surface area contributed by atoms with Crippen LogP contribution in [0.25, 0.3) is 33.3 Å². The first-order valence-electron chi connectivity index (χ1n) is 10.6. The lowest BCUT2D eigenvalue weighted by Crippen LogP contribution is -2.23. The molecule has 33 heavy (non-hydrogen) atoms. The third-order valence-electron chi connectivity index (χ3n) is 5.93. The number of hydrogen-bond acceptors (Lipinski definition) is 3. The first kappa shape index (κ1) is 21.0. The summed E-state index contributed by atoms with van der Waals surface area (Å²) < 4.78 is 33.0. The average molecular weight is 446 g/mol. The van der Waals surface area contributed by atoms with Gasteiger partial charge in [-0.2, -0.15) is 0 Å². The van der Waals surface area contributed by atoms with Crippen molar-refractivity contribution in [1.29, 1.82) is 0 Å². The second-order valence-corrected chi connectivity index (χ2v) is 8.41. The summed E-state index contributed by atoms with van der Waals surface area (Å²) in [5.74, 6) is -3.23. The van der Waals surface area contributed by atoms with Crippen LogP contribution in [-0.4, -0.2) is 20.6 Å². The van der Waals surface area contributed by atoms with Crippen LogP contribution >= 0.6 is 0 Å². The Labute approximate surface area is 188 Å². The van der Waals surface area contributed by atoms with Gasteiger partial charge < -0.3 is 9.67 Å². The minimum atomic E-state index is -1.43. The number of nitrogens with zero attached hydrogens (tertiary/aromatic N) is 2. The van der Waals surface area contributed by atoms with Gasteiger partial charge >= 0.3 is 5.97 Å². The fourth-order valence-electron chi connectivity index (χ4n) is 4.51. The predicted octanol–water partition coefficient (Wildman–Crippen LogP) is 5.66. The Hall–Kier alpha value is -3.87. The molecule has 1 saturated carbocycles. The van der Waals surface area contributed by atoms with Crippen LogP contribution in [0.2, 0.25) is 0 Å². The van der Waals surface area contributed by atoms with Crippen LogP contribution in [-0.2, 0) is 0 Å². The SMILES string of the molecule is Cc1cc(-c2c(F)cc3c(=O)c(C(=O)O)c(-c4ccccc4)n(C4CC4)c3c2F)cc(C)n1. The van der Waals surface area contributed by atoms with E-state index in [0.29, 0.717) is 35.4 Å². The molecule has 0 radical (unpaired) electrons. The minimum Gasteiger partial charge on any atom is -0.477 e. The van der Waals surface area contributed by atoms with Gasteiger partial charge in [0.25, 0.3) is 0 Å². The monoisotopic (exact) mass is 446 g/mol. The van der Waals surface area contributed by atoms with Gasteiger partial charge in [0.1, 0.15) is 11.4 Å². The molecule has 166 valence electrons. The van der Waals surface area contributed by atoms with E-state index in [1.165, 1.54) is 0 Å². The topological polar surface area (TPSA) is 72.2 Å². The molecule has 0 bridgehead atoms. The lowest BCUT2D eigenvalue weighted by molar-refractivity contribution is 0.0696. The van der Waals surface area contributed by atoms with E-state index < -0.39 is 28.6 Å². The molecule has 0 spiro atoms. The van der Waals surface area contributed by atoms with Gasteiger partial charge in [0.05, 0.1) is 22.2 Å². The van der Waals surface area contributed by atoms with Crippen LogP contribution in [0.5, 0.6) is 0 Å². The van der Waals surface area contributed by atoms with E-state index >= 15 is 8.78 Å². The molecule has 5 rings (SSSR count). The number of aromatic carboxylic acids is 1. The molecule has 0 unspecified atom stereocenters. The number of hydrogen-bond donors (Lipinski definition) is 1. The van der Waals surface area contributed by atoms with Crippen LogP contribution in [0.4, 0.5) is 8.78 Å². The van der Waals surface area contributed by atoms with Gasteiger partial charge in [0.2, 0.25) is 5.43 Å². The molecule has 0 aliphatic heterocycles. The number of halogens is 2. The number of benzene rings is 2. The summed E-state index contributed by atoms with van der Waals surface area (Å²) in [6.07, 6.45) is 1.41. The van der Waals surface area contributed by atoms with Crippen molar-refractivity contribution in [3.05, 3.63) is 87.3 Å². The third-order valence-corrected chi connectivity index (χ3v) is 5.93. The molecule has 1 fully saturated rings. The highest BCUT2D eigenvalue weighted by atomic mass is 19.1. The van der Waals surface area contributed by atoms with Crippen molar-refractivity contribution in [2.45, 2.75) is 32.7 Å². The van der Waals surface area contributed by atoms with Crippen LogP contribution in [0.15, 0.2) is 53.3 Å². The number of carbonyl (C=O) groups is 1. The Morgan fingerprint density at radius 3 is 2.24 bits per heavy atom. The van der Waals surface area contributed by atoms with Crippen molar-refractivity contribution in [3.63, 3.8) is 0 Å². The zero-order valence-electron chi connectivity index (χ0n) is 18.0. The second-order valence-electron chi connectivity index (χ2n) is 8.41. The minimum absolute atomic E-state index is 0.0742. The first-order valence-corrected chi connectivity index (χ1v) is 10.6. The van der Waals surface area contributed by atoms with Crippen LogP contribution in [0.1, 0.15) is 40.6 Å². The zero-order valence-corrected chi connectivity index (χ0v) is 18.0. The molecule has 2 aromatic heterocycles. The van der Waals surface area contributed by atoms with Crippen LogP contribution < -0.4 is 5.43 Å². The largest absolute Gasteiger partial charge is 0.477 e. The second kappa shape index (κ2) is 7.62. The molecule has 0 atom stereocenters. The molecule has 0 amide bonds. The van der Waals surface area contributed by atoms with E-state index in [9.17, 15) is 14.7 Å². The summed E-state index contributed by atoms with van der Waals surface area (Å²) >= 11 is 0. The van der Waals surface area contributed by atoms with E-state index in [1.54, 1.807) is 60.9 Å². The summed E-state index contributed by atoms with van der Waals surface area (Å²) in [7, 11) is 0. The zero-order chi connectivity index (χ0) is 23.4. The first-order chi connectivity index (χ1) is 15.8. The fourth-order valence-corrected chi connectivity index (χ4v) is 4.51. The third kappa shape index (κ3) is 3.40. The fraction of sp³-hybridized carbons (Fsp3) is 0.192. The lowest BCUT2D eigenvalue weighted by Gasteiger charge is -2.21. The normalized spacial score (nSPS) is 13.5. The highest BCUT2D eigenvalue weighted by Gasteiger charge is 2.34. The van der Waals surface area contributed by atoms with Crippen molar-refractivity contribution in [2.24, 2.45) is 0 Å². The average Bonchev–Trinajstić information content (AvgIpc) is 3.59. The smallest absolute Gasteiger partial charge is 0.341 e. The van der Waals surface area contributed by atoms with Gasteiger partial charge in [-0.25, -0.2) is 13.6 Å². The summed E-state index contributed by atoms with van der Waals surface area (Å²) in [6, 6.07) is 12.5. The standard InChI is InChI=1S/C26H20F2N2O3/c1-13-10-16(11-14(2)29-13)20-19(27)12-18-24(22(20)28)30(17-8-9-17)23(15-6-4-3-5-7-15)21(25(18)31)26(32)33/h3-7,10-12,17H,8-9H2,1-2H3,(H,32,33). The molecule has 2 heterocycles. The molecule has 1 aliphatic carbocycles. The van der Waals surface area contributed by atoms with E-state index in [0.717, 1.165) is 6.07 Å². The number of rotatable bonds is 4. The van der Waals surface area contributed by atoms with E-state index in [2.05, 4.69) is 4.98 Å². The highest BCUT2D eigenvalue weighted by Crippen LogP contribution is 2.43. The maximum absolute atomic E-state index is 16.2. The van der Waals surface area contributed by atoms with Crippen molar-refractivity contribution in [2.75, 3.05) is 0 Å². The Kier molecular flexibility index (Phi) is 4.85. The highest BCUT2D eigenvalue weighted by molar-refractivity contribution is 6.01. The van der Waals surface area contributed by atoms with Gasteiger partial charge in [-0.15, -0.1) is 0 Å². The van der Waals surface area contributed by atoms with Gasteiger partial charge in [0.15, 0.2) is 5.82 Å². The summed E-state index contributed by atoms with van der Waals surface area (Å²) in [5.41, 5.74) is 0.437. The summed E-state index contributed by atoms with van der Waals surface area (Å²) in [6.45, 7) is 3.47. The maximum atomic E-state index is 16.2. The number of carboxylic acid groups (broad SMARTS) is 1. The van der Waals surface area contributed by atoms with Crippen LogP contribution in [0, 0.1) is 25.5 Å². The quantitative estimate of drug-likeness (QED) is 0.439. The molecule has 5 nitrogen and oxygen atoms in total. The molecule has 4 aromatic rings. The van der Waals surface area contributed by atoms with Gasteiger partial charge in [-0.05, 0) is 56.0 Å². The Balaban J connectivity index is 1.98. The molecular weight excluding hydrogens is 426 g/mol. The van der Waals surface area contributed by atoms with Crippen molar-refractivity contribution < 1.29 is 18.7 Å². The molecule has 7 heteroatoms. The maximum Gasteiger partial charge on any atom is 0.341 e. The summed E-state index contributed by atoms with van der Waals surface area (Å²) in [5, 5.41) is 9.64. The van der Waals surface area contributed by atoms with Gasteiger partial charge in [0, 0.05) is 17.4 Å². The number of fused-ring (bicyclic) bond motifs is 1. The molecule has 1 aliphatic rings. The van der Waals surface area contributed by atoms with Gasteiger partial charge in [-0.1, -0.05) is 30.3 Å². The van der Waals surface area contributed by atoms with E-state index in [-0.39, 0.29) is 28.2 Å². The van der Waals surface area contributed by atoms with Crippen LogP contribution in [0.3, 0.4) is 0 Å². The Morgan fingerprint density at radius 1 is 1.03 bits per heavy atom. The lowest BCUT2D eigenvalue weighted by atomic mass is 9.97. The number of aryl methyl sites for hydroxylation is 2. The van der Waals surface area contributed by atoms with Crippen molar-refractivity contribution in [1.82, 2.24) is 9.55 Å². The molecule has 1 N–H and O–H groups in total. The molecule has 0 saturated heterocycles. The number of carboxylic acids is 1. The summed E-state index contributed by atoms with van der Waals surface area (Å²) in [4.78, 5) is 29.7. The van der Waals surface area contributed by atoms with Gasteiger partial charge in [-0.3, -0.25) is 9.78 Å². The molecule has 2 aromatic carbocycles. The number of pyridine rings is 2. The van der Waals surface area contributed by atoms with E-state index in [4.69, 9.17) is 0 Å². The molecular formula is C26H20F2N2O3. The Bertz CT molecular complexity index is 1490.